The van der Waals surface area contributed by atoms with Crippen LogP contribution in [0.15, 0.2) is 42.5 Å². The van der Waals surface area contributed by atoms with Crippen molar-refractivity contribution in [2.75, 3.05) is 5.32 Å². The van der Waals surface area contributed by atoms with Gasteiger partial charge in [0.25, 0.3) is 0 Å². The Bertz CT molecular complexity index is 648. The molecule has 4 heteroatoms. The average molecular weight is 336 g/mol. The first kappa shape index (κ1) is 16.9. The summed E-state index contributed by atoms with van der Waals surface area (Å²) in [7, 11) is 0. The largest absolute Gasteiger partial charge is 0.326 e. The van der Waals surface area contributed by atoms with Crippen LogP contribution in [0.3, 0.4) is 0 Å². The normalized spacial score (nSPS) is 10.8. The Morgan fingerprint density at radius 3 is 2.32 bits per heavy atom. The van der Waals surface area contributed by atoms with E-state index in [4.69, 9.17) is 23.2 Å². The zero-order valence-corrected chi connectivity index (χ0v) is 14.2. The van der Waals surface area contributed by atoms with Gasteiger partial charge in [-0.05, 0) is 41.7 Å². The maximum atomic E-state index is 12.2. The Kier molecular flexibility index (Phi) is 5.87. The van der Waals surface area contributed by atoms with Crippen LogP contribution in [0.25, 0.3) is 0 Å². The van der Waals surface area contributed by atoms with Crippen molar-refractivity contribution < 1.29 is 4.79 Å². The molecule has 0 aliphatic rings. The minimum absolute atomic E-state index is 0.0379. The second-order valence-electron chi connectivity index (χ2n) is 5.49. The molecule has 0 aliphatic carbocycles. The number of hydrogen-bond donors (Lipinski definition) is 1. The number of halogens is 2. The van der Waals surface area contributed by atoms with Crippen molar-refractivity contribution in [3.8, 4) is 0 Å². The first-order chi connectivity index (χ1) is 10.5. The van der Waals surface area contributed by atoms with Crippen molar-refractivity contribution in [1.82, 2.24) is 0 Å². The van der Waals surface area contributed by atoms with E-state index in [1.54, 1.807) is 18.2 Å². The third-order valence-corrected chi connectivity index (χ3v) is 4.23. The predicted molar refractivity (Wildman–Crippen MR) is 93.9 cm³/mol. The number of rotatable bonds is 5. The molecule has 0 aromatic heterocycles. The SMILES string of the molecule is CC(C)c1ccccc1NC(=O)CCc1c(Cl)cccc1Cl. The van der Waals surface area contributed by atoms with E-state index in [9.17, 15) is 4.79 Å². The highest BCUT2D eigenvalue weighted by Crippen LogP contribution is 2.26. The van der Waals surface area contributed by atoms with E-state index in [0.717, 1.165) is 16.8 Å². The number of para-hydroxylation sites is 1. The molecular formula is C18H19Cl2NO. The van der Waals surface area contributed by atoms with Crippen molar-refractivity contribution in [2.45, 2.75) is 32.6 Å². The van der Waals surface area contributed by atoms with Gasteiger partial charge in [0.1, 0.15) is 0 Å². The lowest BCUT2D eigenvalue weighted by molar-refractivity contribution is -0.116. The summed E-state index contributed by atoms with van der Waals surface area (Å²) in [5.74, 6) is 0.318. The molecule has 2 nitrogen and oxygen atoms in total. The zero-order valence-electron chi connectivity index (χ0n) is 12.7. The van der Waals surface area contributed by atoms with Crippen LogP contribution in [0.4, 0.5) is 5.69 Å². The number of hydrogen-bond acceptors (Lipinski definition) is 1. The summed E-state index contributed by atoms with van der Waals surface area (Å²) < 4.78 is 0. The van der Waals surface area contributed by atoms with Gasteiger partial charge in [-0.1, -0.05) is 61.3 Å². The van der Waals surface area contributed by atoms with Crippen molar-refractivity contribution in [3.63, 3.8) is 0 Å². The predicted octanol–water partition coefficient (Wildman–Crippen LogP) is 5.69. The third kappa shape index (κ3) is 4.25. The van der Waals surface area contributed by atoms with E-state index in [1.165, 1.54) is 0 Å². The highest BCUT2D eigenvalue weighted by molar-refractivity contribution is 6.36. The lowest BCUT2D eigenvalue weighted by Crippen LogP contribution is -2.14. The standard InChI is InChI=1S/C18H19Cl2NO/c1-12(2)13-6-3-4-9-17(13)21-18(22)11-10-14-15(19)7-5-8-16(14)20/h3-9,12H,10-11H2,1-2H3,(H,21,22). The first-order valence-electron chi connectivity index (χ1n) is 7.30. The molecule has 116 valence electrons. The summed E-state index contributed by atoms with van der Waals surface area (Å²) in [5, 5.41) is 4.18. The maximum Gasteiger partial charge on any atom is 0.224 e. The second-order valence-corrected chi connectivity index (χ2v) is 6.30. The molecular weight excluding hydrogens is 317 g/mol. The van der Waals surface area contributed by atoms with Gasteiger partial charge in [0.15, 0.2) is 0 Å². The van der Waals surface area contributed by atoms with E-state index >= 15 is 0 Å². The zero-order chi connectivity index (χ0) is 16.1. The summed E-state index contributed by atoms with van der Waals surface area (Å²) in [5.41, 5.74) is 2.82. The Balaban J connectivity index is 2.02. The van der Waals surface area contributed by atoms with E-state index in [1.807, 2.05) is 24.3 Å². The van der Waals surface area contributed by atoms with Crippen molar-refractivity contribution in [2.24, 2.45) is 0 Å². The van der Waals surface area contributed by atoms with E-state index in [-0.39, 0.29) is 5.91 Å². The minimum Gasteiger partial charge on any atom is -0.326 e. The van der Waals surface area contributed by atoms with Crippen LogP contribution in [0, 0.1) is 0 Å². The molecule has 0 fully saturated rings. The van der Waals surface area contributed by atoms with Crippen molar-refractivity contribution in [3.05, 3.63) is 63.6 Å². The summed E-state index contributed by atoms with van der Waals surface area (Å²) >= 11 is 12.2. The van der Waals surface area contributed by atoms with Crippen molar-refractivity contribution in [1.29, 1.82) is 0 Å². The molecule has 0 aliphatic heterocycles. The molecule has 2 aromatic carbocycles. The molecule has 0 unspecified atom stereocenters. The lowest BCUT2D eigenvalue weighted by Gasteiger charge is -2.14. The van der Waals surface area contributed by atoms with Gasteiger partial charge >= 0.3 is 0 Å². The molecule has 2 rings (SSSR count). The topological polar surface area (TPSA) is 29.1 Å². The fourth-order valence-electron chi connectivity index (χ4n) is 2.34. The highest BCUT2D eigenvalue weighted by Gasteiger charge is 2.11. The molecule has 1 amide bonds. The van der Waals surface area contributed by atoms with E-state index in [0.29, 0.717) is 28.8 Å². The van der Waals surface area contributed by atoms with Crippen LogP contribution < -0.4 is 5.32 Å². The Morgan fingerprint density at radius 1 is 1.05 bits per heavy atom. The Morgan fingerprint density at radius 2 is 1.68 bits per heavy atom. The molecule has 0 spiro atoms. The molecule has 22 heavy (non-hydrogen) atoms. The smallest absolute Gasteiger partial charge is 0.224 e. The molecule has 0 atom stereocenters. The van der Waals surface area contributed by atoms with Crippen LogP contribution >= 0.6 is 23.2 Å². The minimum atomic E-state index is -0.0379. The number of carbonyl (C=O) groups is 1. The van der Waals surface area contributed by atoms with Gasteiger partial charge in [0, 0.05) is 22.2 Å². The van der Waals surface area contributed by atoms with Gasteiger partial charge in [-0.3, -0.25) is 4.79 Å². The van der Waals surface area contributed by atoms with Gasteiger partial charge in [0.2, 0.25) is 5.91 Å². The summed E-state index contributed by atoms with van der Waals surface area (Å²) in [6.07, 6.45) is 0.865. The van der Waals surface area contributed by atoms with Crippen LogP contribution in [0.1, 0.15) is 37.3 Å². The monoisotopic (exact) mass is 335 g/mol. The summed E-state index contributed by atoms with van der Waals surface area (Å²) in [4.78, 5) is 12.2. The van der Waals surface area contributed by atoms with Crippen LogP contribution in [-0.4, -0.2) is 5.91 Å². The molecule has 0 bridgehead atoms. The van der Waals surface area contributed by atoms with Gasteiger partial charge in [0.05, 0.1) is 0 Å². The highest BCUT2D eigenvalue weighted by atomic mass is 35.5. The number of anilines is 1. The maximum absolute atomic E-state index is 12.2. The fourth-order valence-corrected chi connectivity index (χ4v) is 2.92. The van der Waals surface area contributed by atoms with Gasteiger partial charge < -0.3 is 5.32 Å². The number of nitrogens with one attached hydrogen (secondary N) is 1. The molecule has 0 saturated heterocycles. The van der Waals surface area contributed by atoms with Crippen LogP contribution in [-0.2, 0) is 11.2 Å². The van der Waals surface area contributed by atoms with Gasteiger partial charge in [-0.25, -0.2) is 0 Å². The first-order valence-corrected chi connectivity index (χ1v) is 8.06. The van der Waals surface area contributed by atoms with Crippen LogP contribution in [0.5, 0.6) is 0 Å². The van der Waals surface area contributed by atoms with E-state index in [2.05, 4.69) is 19.2 Å². The average Bonchev–Trinajstić information content (AvgIpc) is 2.47. The van der Waals surface area contributed by atoms with Crippen LogP contribution in [0.2, 0.25) is 10.0 Å². The molecule has 0 radical (unpaired) electrons. The number of carbonyl (C=O) groups excluding carboxylic acids is 1. The third-order valence-electron chi connectivity index (χ3n) is 3.52. The molecule has 2 aromatic rings. The molecule has 0 saturated carbocycles. The number of benzene rings is 2. The van der Waals surface area contributed by atoms with Gasteiger partial charge in [-0.15, -0.1) is 0 Å². The Hall–Kier alpha value is -1.51. The quantitative estimate of drug-likeness (QED) is 0.747. The second kappa shape index (κ2) is 7.66. The lowest BCUT2D eigenvalue weighted by atomic mass is 10.0. The summed E-state index contributed by atoms with van der Waals surface area (Å²) in [6, 6.07) is 13.2. The van der Waals surface area contributed by atoms with E-state index < -0.39 is 0 Å². The number of amides is 1. The molecule has 1 N–H and O–H groups in total. The fraction of sp³-hybridized carbons (Fsp3) is 0.278. The Labute approximate surface area is 141 Å². The molecule has 0 heterocycles. The van der Waals surface area contributed by atoms with Crippen molar-refractivity contribution >= 4 is 34.8 Å². The van der Waals surface area contributed by atoms with Gasteiger partial charge in [-0.2, -0.15) is 0 Å². The summed E-state index contributed by atoms with van der Waals surface area (Å²) in [6.45, 7) is 4.21.